The van der Waals surface area contributed by atoms with Crippen molar-refractivity contribution in [2.24, 2.45) is 5.92 Å². The summed E-state index contributed by atoms with van der Waals surface area (Å²) in [7, 11) is 3.15. The van der Waals surface area contributed by atoms with Crippen LogP contribution in [0.2, 0.25) is 0 Å². The highest BCUT2D eigenvalue weighted by atomic mass is 32.1. The third-order valence-electron chi connectivity index (χ3n) is 4.56. The Morgan fingerprint density at radius 2 is 1.84 bits per heavy atom. The Morgan fingerprint density at radius 1 is 1.03 bits per heavy atom. The second kappa shape index (κ2) is 10.7. The Kier molecular flexibility index (Phi) is 7.77. The van der Waals surface area contributed by atoms with Crippen molar-refractivity contribution >= 4 is 28.8 Å². The van der Waals surface area contributed by atoms with Gasteiger partial charge in [0.25, 0.3) is 11.8 Å². The van der Waals surface area contributed by atoms with E-state index in [0.29, 0.717) is 33.7 Å². The highest BCUT2D eigenvalue weighted by Crippen LogP contribution is 2.24. The molecule has 2 N–H and O–H groups in total. The summed E-state index contributed by atoms with van der Waals surface area (Å²) in [6, 6.07) is 12.1. The number of anilines is 1. The SMILES string of the molecule is COc1ccc(CNC(=O)c2cccc(NC(=O)c3nnc(CC(C)C)s3)c2)c(OC)c1. The van der Waals surface area contributed by atoms with E-state index in [2.05, 4.69) is 34.7 Å². The van der Waals surface area contributed by atoms with E-state index in [9.17, 15) is 9.59 Å². The molecule has 0 radical (unpaired) electrons. The van der Waals surface area contributed by atoms with Crippen molar-refractivity contribution < 1.29 is 19.1 Å². The molecule has 0 fully saturated rings. The predicted molar refractivity (Wildman–Crippen MR) is 124 cm³/mol. The van der Waals surface area contributed by atoms with Crippen molar-refractivity contribution in [2.75, 3.05) is 19.5 Å². The molecule has 0 aliphatic heterocycles. The fourth-order valence-electron chi connectivity index (χ4n) is 2.98. The van der Waals surface area contributed by atoms with Gasteiger partial charge in [-0.05, 0) is 36.2 Å². The van der Waals surface area contributed by atoms with Gasteiger partial charge in [-0.25, -0.2) is 0 Å². The van der Waals surface area contributed by atoms with Gasteiger partial charge in [0.15, 0.2) is 0 Å². The molecular formula is C23H26N4O4S. The molecule has 9 heteroatoms. The zero-order chi connectivity index (χ0) is 23.1. The largest absolute Gasteiger partial charge is 0.497 e. The lowest BCUT2D eigenvalue weighted by atomic mass is 10.1. The minimum atomic E-state index is -0.349. The van der Waals surface area contributed by atoms with Gasteiger partial charge >= 0.3 is 0 Å². The number of nitrogens with one attached hydrogen (secondary N) is 2. The number of amides is 2. The molecule has 0 unspecified atom stereocenters. The summed E-state index contributed by atoms with van der Waals surface area (Å²) in [4.78, 5) is 25.1. The highest BCUT2D eigenvalue weighted by molar-refractivity contribution is 7.13. The molecule has 0 aliphatic carbocycles. The van der Waals surface area contributed by atoms with E-state index in [0.717, 1.165) is 17.0 Å². The third-order valence-corrected chi connectivity index (χ3v) is 5.50. The normalized spacial score (nSPS) is 10.7. The zero-order valence-corrected chi connectivity index (χ0v) is 19.3. The van der Waals surface area contributed by atoms with E-state index in [1.165, 1.54) is 11.3 Å². The van der Waals surface area contributed by atoms with Crippen molar-refractivity contribution in [3.8, 4) is 11.5 Å². The number of carbonyl (C=O) groups is 2. The van der Waals surface area contributed by atoms with Gasteiger partial charge in [-0.1, -0.05) is 31.3 Å². The van der Waals surface area contributed by atoms with Gasteiger partial charge in [-0.3, -0.25) is 9.59 Å². The first-order valence-corrected chi connectivity index (χ1v) is 10.9. The van der Waals surface area contributed by atoms with Crippen LogP contribution in [0, 0.1) is 5.92 Å². The maximum Gasteiger partial charge on any atom is 0.286 e. The van der Waals surface area contributed by atoms with Crippen LogP contribution in [0.3, 0.4) is 0 Å². The van der Waals surface area contributed by atoms with Crippen molar-refractivity contribution in [3.63, 3.8) is 0 Å². The molecule has 0 atom stereocenters. The van der Waals surface area contributed by atoms with Crippen LogP contribution in [-0.2, 0) is 13.0 Å². The quantitative estimate of drug-likeness (QED) is 0.508. The summed E-state index contributed by atoms with van der Waals surface area (Å²) in [6.07, 6.45) is 0.777. The summed E-state index contributed by atoms with van der Waals surface area (Å²) >= 11 is 1.28. The first-order valence-electron chi connectivity index (χ1n) is 10.1. The van der Waals surface area contributed by atoms with Crippen LogP contribution >= 0.6 is 11.3 Å². The maximum absolute atomic E-state index is 12.6. The molecule has 0 aliphatic rings. The standard InChI is InChI=1S/C23H26N4O4S/c1-14(2)10-20-26-27-23(32-20)22(29)25-17-7-5-6-15(11-17)21(28)24-13-16-8-9-18(30-3)12-19(16)31-4/h5-9,11-12,14H,10,13H2,1-4H3,(H,24,28)(H,25,29). The second-order valence-corrected chi connectivity index (χ2v) is 8.56. The lowest BCUT2D eigenvalue weighted by Gasteiger charge is -2.12. The van der Waals surface area contributed by atoms with Crippen LogP contribution in [-0.4, -0.2) is 36.2 Å². The van der Waals surface area contributed by atoms with Gasteiger partial charge in [-0.15, -0.1) is 10.2 Å². The molecule has 1 aromatic heterocycles. The monoisotopic (exact) mass is 454 g/mol. The number of methoxy groups -OCH3 is 2. The molecule has 0 saturated heterocycles. The summed E-state index contributed by atoms with van der Waals surface area (Å²) in [5, 5.41) is 14.8. The van der Waals surface area contributed by atoms with Crippen molar-refractivity contribution in [2.45, 2.75) is 26.8 Å². The fraction of sp³-hybridized carbons (Fsp3) is 0.304. The number of benzene rings is 2. The van der Waals surface area contributed by atoms with Crippen LogP contribution in [0.25, 0.3) is 0 Å². The number of rotatable bonds is 9. The van der Waals surface area contributed by atoms with E-state index in [1.807, 2.05) is 6.07 Å². The topological polar surface area (TPSA) is 102 Å². The van der Waals surface area contributed by atoms with Crippen LogP contribution in [0.1, 0.15) is 44.6 Å². The lowest BCUT2D eigenvalue weighted by Crippen LogP contribution is -2.23. The van der Waals surface area contributed by atoms with Gasteiger partial charge < -0.3 is 20.1 Å². The Hall–Kier alpha value is -3.46. The van der Waals surface area contributed by atoms with E-state index < -0.39 is 0 Å². The lowest BCUT2D eigenvalue weighted by molar-refractivity contribution is 0.0949. The van der Waals surface area contributed by atoms with Crippen LogP contribution in [0.4, 0.5) is 5.69 Å². The number of ether oxygens (including phenoxy) is 2. The Bertz CT molecular complexity index is 1100. The predicted octanol–water partition coefficient (Wildman–Crippen LogP) is 3.94. The minimum absolute atomic E-state index is 0.269. The van der Waals surface area contributed by atoms with E-state index in [-0.39, 0.29) is 18.4 Å². The van der Waals surface area contributed by atoms with Crippen molar-refractivity contribution in [1.82, 2.24) is 15.5 Å². The molecule has 0 saturated carbocycles. The average molecular weight is 455 g/mol. The molecule has 32 heavy (non-hydrogen) atoms. The maximum atomic E-state index is 12.6. The third kappa shape index (κ3) is 6.04. The van der Waals surface area contributed by atoms with Crippen molar-refractivity contribution in [1.29, 1.82) is 0 Å². The molecule has 3 rings (SSSR count). The molecule has 1 heterocycles. The molecule has 8 nitrogen and oxygen atoms in total. The van der Waals surface area contributed by atoms with Gasteiger partial charge in [0.2, 0.25) is 5.01 Å². The van der Waals surface area contributed by atoms with E-state index >= 15 is 0 Å². The molecule has 0 spiro atoms. The number of hydrogen-bond donors (Lipinski definition) is 2. The Labute approximate surface area is 191 Å². The van der Waals surface area contributed by atoms with Crippen LogP contribution < -0.4 is 20.1 Å². The molecular weight excluding hydrogens is 428 g/mol. The van der Waals surface area contributed by atoms with E-state index in [1.54, 1.807) is 50.6 Å². The van der Waals surface area contributed by atoms with Crippen LogP contribution in [0.5, 0.6) is 11.5 Å². The summed E-state index contributed by atoms with van der Waals surface area (Å²) in [6.45, 7) is 4.46. The minimum Gasteiger partial charge on any atom is -0.497 e. The smallest absolute Gasteiger partial charge is 0.286 e. The molecule has 3 aromatic rings. The van der Waals surface area contributed by atoms with Gasteiger partial charge in [0.05, 0.1) is 14.2 Å². The van der Waals surface area contributed by atoms with E-state index in [4.69, 9.17) is 9.47 Å². The highest BCUT2D eigenvalue weighted by Gasteiger charge is 2.15. The summed E-state index contributed by atoms with van der Waals surface area (Å²) < 4.78 is 10.6. The number of hydrogen-bond acceptors (Lipinski definition) is 7. The molecule has 168 valence electrons. The first-order chi connectivity index (χ1) is 15.4. The zero-order valence-electron chi connectivity index (χ0n) is 18.5. The Balaban J connectivity index is 1.63. The molecule has 0 bridgehead atoms. The number of aromatic nitrogens is 2. The van der Waals surface area contributed by atoms with Gasteiger partial charge in [0.1, 0.15) is 16.5 Å². The average Bonchev–Trinajstić information content (AvgIpc) is 3.25. The summed E-state index contributed by atoms with van der Waals surface area (Å²) in [5.41, 5.74) is 1.75. The summed E-state index contributed by atoms with van der Waals surface area (Å²) in [5.74, 6) is 1.12. The second-order valence-electron chi connectivity index (χ2n) is 7.49. The van der Waals surface area contributed by atoms with Gasteiger partial charge in [-0.2, -0.15) is 0 Å². The molecule has 2 amide bonds. The van der Waals surface area contributed by atoms with Crippen LogP contribution in [0.15, 0.2) is 42.5 Å². The van der Waals surface area contributed by atoms with Gasteiger partial charge in [0, 0.05) is 35.8 Å². The Morgan fingerprint density at radius 3 is 2.56 bits per heavy atom. The number of carbonyl (C=O) groups excluding carboxylic acids is 2. The number of nitrogens with zero attached hydrogens (tertiary/aromatic N) is 2. The first kappa shape index (κ1) is 23.2. The fourth-order valence-corrected chi connectivity index (χ4v) is 3.92. The van der Waals surface area contributed by atoms with Crippen molar-refractivity contribution in [3.05, 3.63) is 63.6 Å². The molecule has 2 aromatic carbocycles.